The maximum Gasteiger partial charge on any atom is 0.141 e. The van der Waals surface area contributed by atoms with Crippen LogP contribution in [0.2, 0.25) is 0 Å². The first kappa shape index (κ1) is 17.3. The number of pyridine rings is 3. The highest BCUT2D eigenvalue weighted by Gasteiger charge is 2.04. The Balaban J connectivity index is 1.35. The molecule has 0 unspecified atom stereocenters. The minimum Gasteiger partial charge on any atom is -0.325 e. The quantitative estimate of drug-likeness (QED) is 0.509. The first-order valence-electron chi connectivity index (χ1n) is 8.55. The standard InChI is InChI=1S/C20H18N6S/c1-4-17(20-23-9-10-27-20)25-19(5-1)26-18-7-6-16(14-24-18)13-22-12-15-3-2-8-21-11-15/h1-11,14,22H,12-13H2,(H,24,25,26). The van der Waals surface area contributed by atoms with Gasteiger partial charge in [0.15, 0.2) is 0 Å². The van der Waals surface area contributed by atoms with Gasteiger partial charge in [0, 0.05) is 43.3 Å². The van der Waals surface area contributed by atoms with Gasteiger partial charge in [0.1, 0.15) is 22.3 Å². The van der Waals surface area contributed by atoms with Crippen molar-refractivity contribution >= 4 is 23.0 Å². The second-order valence-electron chi connectivity index (χ2n) is 5.89. The van der Waals surface area contributed by atoms with Gasteiger partial charge in [-0.25, -0.2) is 15.0 Å². The van der Waals surface area contributed by atoms with Crippen LogP contribution in [0.1, 0.15) is 11.1 Å². The van der Waals surface area contributed by atoms with Gasteiger partial charge in [0.2, 0.25) is 0 Å². The van der Waals surface area contributed by atoms with Crippen LogP contribution in [0.4, 0.5) is 11.6 Å². The van der Waals surface area contributed by atoms with Crippen molar-refractivity contribution in [1.29, 1.82) is 0 Å². The largest absolute Gasteiger partial charge is 0.325 e. The molecule has 0 fully saturated rings. The minimum atomic E-state index is 0.748. The Morgan fingerprint density at radius 2 is 1.74 bits per heavy atom. The molecule has 0 atom stereocenters. The molecule has 4 rings (SSSR count). The molecular formula is C20H18N6S. The van der Waals surface area contributed by atoms with E-state index in [9.17, 15) is 0 Å². The van der Waals surface area contributed by atoms with E-state index in [2.05, 4.69) is 42.7 Å². The lowest BCUT2D eigenvalue weighted by atomic mass is 10.2. The normalized spacial score (nSPS) is 10.7. The van der Waals surface area contributed by atoms with Crippen molar-refractivity contribution in [2.24, 2.45) is 0 Å². The number of rotatable bonds is 7. The van der Waals surface area contributed by atoms with Gasteiger partial charge in [-0.05, 0) is 35.4 Å². The molecule has 0 aliphatic rings. The van der Waals surface area contributed by atoms with E-state index in [1.165, 1.54) is 0 Å². The van der Waals surface area contributed by atoms with Crippen molar-refractivity contribution in [2.75, 3.05) is 5.32 Å². The van der Waals surface area contributed by atoms with E-state index >= 15 is 0 Å². The van der Waals surface area contributed by atoms with Gasteiger partial charge in [0.25, 0.3) is 0 Å². The maximum atomic E-state index is 4.59. The van der Waals surface area contributed by atoms with E-state index in [0.717, 1.165) is 46.6 Å². The zero-order valence-corrected chi connectivity index (χ0v) is 15.4. The van der Waals surface area contributed by atoms with Crippen LogP contribution < -0.4 is 10.6 Å². The maximum absolute atomic E-state index is 4.59. The Bertz CT molecular complexity index is 971. The van der Waals surface area contributed by atoms with Crippen LogP contribution in [0.15, 0.2) is 72.6 Å². The van der Waals surface area contributed by atoms with Crippen molar-refractivity contribution in [3.05, 3.63) is 83.8 Å². The molecule has 27 heavy (non-hydrogen) atoms. The van der Waals surface area contributed by atoms with Crippen LogP contribution in [-0.2, 0) is 13.1 Å². The highest BCUT2D eigenvalue weighted by molar-refractivity contribution is 7.13. The molecule has 4 aromatic heterocycles. The number of hydrogen-bond acceptors (Lipinski definition) is 7. The molecule has 134 valence electrons. The summed E-state index contributed by atoms with van der Waals surface area (Å²) in [6, 6.07) is 13.8. The summed E-state index contributed by atoms with van der Waals surface area (Å²) >= 11 is 1.57. The summed E-state index contributed by atoms with van der Waals surface area (Å²) in [6.07, 6.45) is 7.29. The molecule has 2 N–H and O–H groups in total. The molecule has 0 saturated heterocycles. The van der Waals surface area contributed by atoms with Crippen molar-refractivity contribution in [3.63, 3.8) is 0 Å². The Labute approximate surface area is 161 Å². The second kappa shape index (κ2) is 8.48. The summed E-state index contributed by atoms with van der Waals surface area (Å²) in [5, 5.41) is 9.48. The summed E-state index contributed by atoms with van der Waals surface area (Å²) in [4.78, 5) is 17.5. The lowest BCUT2D eigenvalue weighted by Gasteiger charge is -2.08. The fourth-order valence-corrected chi connectivity index (χ4v) is 3.17. The molecule has 0 spiro atoms. The fourth-order valence-electron chi connectivity index (χ4n) is 2.56. The Morgan fingerprint density at radius 1 is 0.815 bits per heavy atom. The third-order valence-corrected chi connectivity index (χ3v) is 4.66. The molecule has 7 heteroatoms. The van der Waals surface area contributed by atoms with E-state index in [-0.39, 0.29) is 0 Å². The van der Waals surface area contributed by atoms with Crippen molar-refractivity contribution in [3.8, 4) is 10.7 Å². The van der Waals surface area contributed by atoms with E-state index in [1.807, 2.05) is 48.1 Å². The van der Waals surface area contributed by atoms with Gasteiger partial charge >= 0.3 is 0 Å². The van der Waals surface area contributed by atoms with Crippen LogP contribution in [0, 0.1) is 0 Å². The van der Waals surface area contributed by atoms with Crippen molar-refractivity contribution < 1.29 is 0 Å². The van der Waals surface area contributed by atoms with Crippen LogP contribution in [0.5, 0.6) is 0 Å². The van der Waals surface area contributed by atoms with E-state index in [0.29, 0.717) is 0 Å². The molecule has 0 aliphatic carbocycles. The minimum absolute atomic E-state index is 0.748. The average Bonchev–Trinajstić information content (AvgIpc) is 3.25. The van der Waals surface area contributed by atoms with Gasteiger partial charge in [-0.15, -0.1) is 11.3 Å². The number of anilines is 2. The summed E-state index contributed by atoms with van der Waals surface area (Å²) in [6.45, 7) is 1.53. The lowest BCUT2D eigenvalue weighted by Crippen LogP contribution is -2.13. The first-order valence-corrected chi connectivity index (χ1v) is 9.43. The molecule has 4 heterocycles. The summed E-state index contributed by atoms with van der Waals surface area (Å²) < 4.78 is 0. The summed E-state index contributed by atoms with van der Waals surface area (Å²) in [7, 11) is 0. The molecule has 0 amide bonds. The third-order valence-electron chi connectivity index (χ3n) is 3.86. The Morgan fingerprint density at radius 3 is 2.48 bits per heavy atom. The zero-order chi connectivity index (χ0) is 18.3. The monoisotopic (exact) mass is 374 g/mol. The van der Waals surface area contributed by atoms with Gasteiger partial charge < -0.3 is 10.6 Å². The number of thiazole rings is 1. The Hall–Kier alpha value is -3.16. The smallest absolute Gasteiger partial charge is 0.141 e. The Kier molecular flexibility index (Phi) is 5.42. The number of aromatic nitrogens is 4. The second-order valence-corrected chi connectivity index (χ2v) is 6.78. The zero-order valence-electron chi connectivity index (χ0n) is 14.5. The molecule has 0 aliphatic heterocycles. The number of nitrogens with zero attached hydrogens (tertiary/aromatic N) is 4. The third kappa shape index (κ3) is 4.72. The molecule has 0 bridgehead atoms. The van der Waals surface area contributed by atoms with Gasteiger partial charge in [-0.2, -0.15) is 0 Å². The number of hydrogen-bond donors (Lipinski definition) is 2. The fraction of sp³-hybridized carbons (Fsp3) is 0.100. The van der Waals surface area contributed by atoms with Gasteiger partial charge in [-0.1, -0.05) is 18.2 Å². The number of nitrogens with one attached hydrogen (secondary N) is 2. The summed E-state index contributed by atoms with van der Waals surface area (Å²) in [5.74, 6) is 1.51. The van der Waals surface area contributed by atoms with Crippen LogP contribution in [0.3, 0.4) is 0 Å². The lowest BCUT2D eigenvalue weighted by molar-refractivity contribution is 0.689. The average molecular weight is 374 g/mol. The molecule has 6 nitrogen and oxygen atoms in total. The van der Waals surface area contributed by atoms with E-state index in [4.69, 9.17) is 0 Å². The van der Waals surface area contributed by atoms with Gasteiger partial charge in [0.05, 0.1) is 0 Å². The SMILES string of the molecule is c1cncc(CNCc2ccc(Nc3cccc(-c4nccs4)n3)nc2)c1. The molecule has 0 saturated carbocycles. The molecular weight excluding hydrogens is 356 g/mol. The predicted octanol–water partition coefficient (Wildman–Crippen LogP) is 4.03. The molecule has 0 aromatic carbocycles. The molecule has 0 radical (unpaired) electrons. The van der Waals surface area contributed by atoms with Crippen LogP contribution in [-0.4, -0.2) is 19.9 Å². The van der Waals surface area contributed by atoms with E-state index < -0.39 is 0 Å². The topological polar surface area (TPSA) is 75.6 Å². The molecule has 4 aromatic rings. The van der Waals surface area contributed by atoms with Crippen molar-refractivity contribution in [2.45, 2.75) is 13.1 Å². The van der Waals surface area contributed by atoms with Gasteiger partial charge in [-0.3, -0.25) is 4.98 Å². The highest BCUT2D eigenvalue weighted by Crippen LogP contribution is 2.22. The van der Waals surface area contributed by atoms with Crippen LogP contribution in [0.25, 0.3) is 10.7 Å². The van der Waals surface area contributed by atoms with Crippen LogP contribution >= 0.6 is 11.3 Å². The van der Waals surface area contributed by atoms with Crippen molar-refractivity contribution in [1.82, 2.24) is 25.3 Å². The van der Waals surface area contributed by atoms with E-state index in [1.54, 1.807) is 23.7 Å². The first-order chi connectivity index (χ1) is 13.4. The predicted molar refractivity (Wildman–Crippen MR) is 108 cm³/mol. The highest BCUT2D eigenvalue weighted by atomic mass is 32.1. The summed E-state index contributed by atoms with van der Waals surface area (Å²) in [5.41, 5.74) is 3.13.